The number of nitrogens with one attached hydrogen (secondary N) is 2. The van der Waals surface area contributed by atoms with Crippen LogP contribution in [0.1, 0.15) is 36.5 Å². The van der Waals surface area contributed by atoms with Crippen molar-refractivity contribution in [3.05, 3.63) is 29.8 Å². The summed E-state index contributed by atoms with van der Waals surface area (Å²) >= 11 is 0. The van der Waals surface area contributed by atoms with Gasteiger partial charge in [0.05, 0.1) is 0 Å². The normalized spacial score (nSPS) is 10.7. The Bertz CT molecular complexity index is 609. The van der Waals surface area contributed by atoms with Crippen LogP contribution in [0.25, 0.3) is 0 Å². The lowest BCUT2D eigenvalue weighted by atomic mass is 10.1. The predicted molar refractivity (Wildman–Crippen MR) is 79.2 cm³/mol. The van der Waals surface area contributed by atoms with Gasteiger partial charge in [0.1, 0.15) is 11.5 Å². The lowest BCUT2D eigenvalue weighted by Gasteiger charge is -2.07. The van der Waals surface area contributed by atoms with E-state index in [4.69, 9.17) is 4.52 Å². The molecule has 0 atom stereocenters. The number of hydrogen-bond acceptors (Lipinski definition) is 6. The van der Waals surface area contributed by atoms with Gasteiger partial charge in [0.25, 0.3) is 5.91 Å². The van der Waals surface area contributed by atoms with Crippen LogP contribution in [-0.2, 0) is 0 Å². The minimum atomic E-state index is -0.349. The predicted octanol–water partition coefficient (Wildman–Crippen LogP) is 2.48. The summed E-state index contributed by atoms with van der Waals surface area (Å²) in [6.45, 7) is 6.81. The summed E-state index contributed by atoms with van der Waals surface area (Å²) in [7, 11) is 0. The Morgan fingerprint density at radius 2 is 2.24 bits per heavy atom. The van der Waals surface area contributed by atoms with Crippen LogP contribution in [0.4, 0.5) is 11.8 Å². The second kappa shape index (κ2) is 6.83. The minimum absolute atomic E-state index is 0.276. The number of aromatic nitrogens is 3. The van der Waals surface area contributed by atoms with Crippen LogP contribution in [0.3, 0.4) is 0 Å². The highest BCUT2D eigenvalue weighted by Crippen LogP contribution is 2.09. The van der Waals surface area contributed by atoms with E-state index in [0.29, 0.717) is 23.4 Å². The monoisotopic (exact) mass is 289 g/mol. The minimum Gasteiger partial charge on any atom is -0.360 e. The van der Waals surface area contributed by atoms with Gasteiger partial charge >= 0.3 is 0 Å². The van der Waals surface area contributed by atoms with E-state index in [1.54, 1.807) is 25.3 Å². The number of anilines is 2. The molecular formula is C14H19N5O2. The molecule has 2 aromatic heterocycles. The molecule has 0 fully saturated rings. The fourth-order valence-corrected chi connectivity index (χ4v) is 1.65. The molecule has 0 aliphatic rings. The number of amides is 1. The highest BCUT2D eigenvalue weighted by Gasteiger charge is 2.11. The third kappa shape index (κ3) is 4.55. The Kier molecular flexibility index (Phi) is 4.86. The van der Waals surface area contributed by atoms with Crippen LogP contribution in [0.2, 0.25) is 0 Å². The fourth-order valence-electron chi connectivity index (χ4n) is 1.65. The summed E-state index contributed by atoms with van der Waals surface area (Å²) in [5, 5.41) is 9.43. The van der Waals surface area contributed by atoms with E-state index in [9.17, 15) is 4.79 Å². The van der Waals surface area contributed by atoms with Gasteiger partial charge in [-0.3, -0.25) is 4.79 Å². The van der Waals surface area contributed by atoms with Crippen LogP contribution in [-0.4, -0.2) is 27.6 Å². The van der Waals surface area contributed by atoms with Crippen molar-refractivity contribution < 1.29 is 9.32 Å². The molecule has 7 nitrogen and oxygen atoms in total. The number of carbonyl (C=O) groups excluding carboxylic acids is 1. The fraction of sp³-hybridized carbons (Fsp3) is 0.429. The molecule has 0 unspecified atom stereocenters. The maximum Gasteiger partial charge on any atom is 0.275 e. The molecule has 2 N–H and O–H groups in total. The lowest BCUT2D eigenvalue weighted by Crippen LogP contribution is -2.16. The molecule has 0 aliphatic heterocycles. The smallest absolute Gasteiger partial charge is 0.275 e. The molecular weight excluding hydrogens is 270 g/mol. The van der Waals surface area contributed by atoms with Crippen LogP contribution in [0.5, 0.6) is 0 Å². The second-order valence-corrected chi connectivity index (χ2v) is 5.15. The highest BCUT2D eigenvalue weighted by atomic mass is 16.5. The van der Waals surface area contributed by atoms with Crippen molar-refractivity contribution >= 4 is 17.7 Å². The summed E-state index contributed by atoms with van der Waals surface area (Å²) in [6, 6.07) is 3.19. The Morgan fingerprint density at radius 3 is 2.90 bits per heavy atom. The SMILES string of the molecule is Cc1cc(NC(=O)c2ccnc(NCCC(C)C)n2)no1. The zero-order valence-corrected chi connectivity index (χ0v) is 12.4. The summed E-state index contributed by atoms with van der Waals surface area (Å²) in [4.78, 5) is 20.3. The zero-order valence-electron chi connectivity index (χ0n) is 12.4. The van der Waals surface area contributed by atoms with Crippen molar-refractivity contribution in [3.8, 4) is 0 Å². The van der Waals surface area contributed by atoms with Crippen molar-refractivity contribution in [1.82, 2.24) is 15.1 Å². The molecule has 7 heteroatoms. The Labute approximate surface area is 123 Å². The van der Waals surface area contributed by atoms with E-state index in [1.165, 1.54) is 0 Å². The molecule has 0 radical (unpaired) electrons. The van der Waals surface area contributed by atoms with Gasteiger partial charge in [0, 0.05) is 18.8 Å². The van der Waals surface area contributed by atoms with Gasteiger partial charge in [-0.05, 0) is 25.3 Å². The Balaban J connectivity index is 1.97. The number of rotatable bonds is 6. The summed E-state index contributed by atoms with van der Waals surface area (Å²) in [5.74, 6) is 1.69. The molecule has 0 saturated heterocycles. The molecule has 21 heavy (non-hydrogen) atoms. The van der Waals surface area contributed by atoms with Crippen molar-refractivity contribution in [2.24, 2.45) is 5.92 Å². The van der Waals surface area contributed by atoms with E-state index >= 15 is 0 Å². The number of nitrogens with zero attached hydrogens (tertiary/aromatic N) is 3. The molecule has 0 saturated carbocycles. The Morgan fingerprint density at radius 1 is 1.43 bits per heavy atom. The van der Waals surface area contributed by atoms with Crippen LogP contribution in [0, 0.1) is 12.8 Å². The average molecular weight is 289 g/mol. The highest BCUT2D eigenvalue weighted by molar-refractivity contribution is 6.02. The van der Waals surface area contributed by atoms with Gasteiger partial charge in [0.2, 0.25) is 5.95 Å². The first-order valence-corrected chi connectivity index (χ1v) is 6.86. The third-order valence-electron chi connectivity index (χ3n) is 2.76. The van der Waals surface area contributed by atoms with Gasteiger partial charge in [-0.25, -0.2) is 9.97 Å². The standard InChI is InChI=1S/C14H19N5O2/c1-9(2)4-6-15-14-16-7-5-11(17-14)13(20)18-12-8-10(3)21-19-12/h5,7-9H,4,6H2,1-3H3,(H,15,16,17)(H,18,19,20). The molecule has 0 aliphatic carbocycles. The number of hydrogen-bond donors (Lipinski definition) is 2. The first kappa shape index (κ1) is 15.0. The van der Waals surface area contributed by atoms with Crippen molar-refractivity contribution in [2.75, 3.05) is 17.2 Å². The quantitative estimate of drug-likeness (QED) is 0.848. The van der Waals surface area contributed by atoms with Crippen LogP contribution in [0.15, 0.2) is 22.9 Å². The topological polar surface area (TPSA) is 92.9 Å². The third-order valence-corrected chi connectivity index (χ3v) is 2.76. The van der Waals surface area contributed by atoms with E-state index < -0.39 is 0 Å². The van der Waals surface area contributed by atoms with E-state index in [0.717, 1.165) is 13.0 Å². The largest absolute Gasteiger partial charge is 0.360 e. The lowest BCUT2D eigenvalue weighted by molar-refractivity contribution is 0.102. The van der Waals surface area contributed by atoms with Gasteiger partial charge in [-0.15, -0.1) is 0 Å². The molecule has 1 amide bonds. The van der Waals surface area contributed by atoms with Crippen LogP contribution < -0.4 is 10.6 Å². The van der Waals surface area contributed by atoms with Gasteiger partial charge < -0.3 is 15.2 Å². The van der Waals surface area contributed by atoms with E-state index in [-0.39, 0.29) is 11.6 Å². The van der Waals surface area contributed by atoms with Crippen LogP contribution >= 0.6 is 0 Å². The van der Waals surface area contributed by atoms with Gasteiger partial charge in [-0.1, -0.05) is 19.0 Å². The molecule has 2 rings (SSSR count). The first-order valence-electron chi connectivity index (χ1n) is 6.86. The molecule has 112 valence electrons. The number of carbonyl (C=O) groups is 1. The summed E-state index contributed by atoms with van der Waals surface area (Å²) in [5.41, 5.74) is 0.276. The molecule has 2 aromatic rings. The van der Waals surface area contributed by atoms with Crippen molar-refractivity contribution in [1.29, 1.82) is 0 Å². The van der Waals surface area contributed by atoms with Gasteiger partial charge in [0.15, 0.2) is 5.82 Å². The molecule has 0 spiro atoms. The first-order chi connectivity index (χ1) is 10.0. The van der Waals surface area contributed by atoms with Crippen molar-refractivity contribution in [3.63, 3.8) is 0 Å². The van der Waals surface area contributed by atoms with E-state index in [2.05, 4.69) is 39.6 Å². The Hall–Kier alpha value is -2.44. The molecule has 0 bridgehead atoms. The summed E-state index contributed by atoms with van der Waals surface area (Å²) < 4.78 is 4.89. The van der Waals surface area contributed by atoms with Crippen molar-refractivity contribution in [2.45, 2.75) is 27.2 Å². The zero-order chi connectivity index (χ0) is 15.2. The maximum absolute atomic E-state index is 12.0. The second-order valence-electron chi connectivity index (χ2n) is 5.15. The van der Waals surface area contributed by atoms with E-state index in [1.807, 2.05) is 0 Å². The average Bonchev–Trinajstić information content (AvgIpc) is 2.84. The molecule has 0 aromatic carbocycles. The summed E-state index contributed by atoms with van der Waals surface area (Å²) in [6.07, 6.45) is 2.56. The van der Waals surface area contributed by atoms with Gasteiger partial charge in [-0.2, -0.15) is 0 Å². The molecule has 2 heterocycles. The maximum atomic E-state index is 12.0. The number of aryl methyl sites for hydroxylation is 1.